The molecule has 1 fully saturated rings. The van der Waals surface area contributed by atoms with Crippen molar-refractivity contribution in [1.29, 1.82) is 0 Å². The second-order valence-electron chi connectivity index (χ2n) is 7.01. The van der Waals surface area contributed by atoms with Crippen LogP contribution in [0.3, 0.4) is 0 Å². The third-order valence-corrected chi connectivity index (χ3v) is 5.52. The lowest BCUT2D eigenvalue weighted by Gasteiger charge is -2.39. The summed E-state index contributed by atoms with van der Waals surface area (Å²) in [4.78, 5) is 0. The molecule has 1 saturated heterocycles. The van der Waals surface area contributed by atoms with Gasteiger partial charge in [0, 0.05) is 16.7 Å². The van der Waals surface area contributed by atoms with E-state index in [1.165, 1.54) is 0 Å². The molecular formula is C26H24O2. The van der Waals surface area contributed by atoms with Crippen molar-refractivity contribution in [3.63, 3.8) is 0 Å². The lowest BCUT2D eigenvalue weighted by molar-refractivity contribution is -0.187. The molecule has 2 aliphatic heterocycles. The van der Waals surface area contributed by atoms with Crippen molar-refractivity contribution in [1.82, 2.24) is 0 Å². The van der Waals surface area contributed by atoms with Gasteiger partial charge in [-0.25, -0.2) is 0 Å². The predicted octanol–water partition coefficient (Wildman–Crippen LogP) is 6.31. The van der Waals surface area contributed by atoms with Crippen LogP contribution in [0.2, 0.25) is 0 Å². The molecule has 4 rings (SSSR count). The second-order valence-corrected chi connectivity index (χ2v) is 7.01. The molecule has 0 radical (unpaired) electrons. The van der Waals surface area contributed by atoms with Crippen molar-refractivity contribution in [3.8, 4) is 0 Å². The Hall–Kier alpha value is -3.26. The van der Waals surface area contributed by atoms with Gasteiger partial charge in [0.15, 0.2) is 0 Å². The smallest absolute Gasteiger partial charge is 0.295 e. The minimum absolute atomic E-state index is 0.599. The van der Waals surface area contributed by atoms with Crippen LogP contribution in [0.4, 0.5) is 0 Å². The molecule has 2 aliphatic rings. The standard InChI is InChI=1S/C26H24O2/c1-5-13-23-19(3)27-26(22-17-11-8-12-18-22)25(23,21-15-9-7-10-16-21)24(14-6-2)20(4)28-26/h5-18H,1,3H2,2,4H3/b14-6-,23-13+. The maximum Gasteiger partial charge on any atom is 0.295 e. The molecule has 0 aliphatic carbocycles. The zero-order chi connectivity index (χ0) is 19.8. The number of hydrogen-bond donors (Lipinski definition) is 0. The maximum absolute atomic E-state index is 6.60. The largest absolute Gasteiger partial charge is 0.451 e. The highest BCUT2D eigenvalue weighted by atomic mass is 16.7. The maximum atomic E-state index is 6.60. The van der Waals surface area contributed by atoms with E-state index >= 15 is 0 Å². The molecular weight excluding hydrogens is 344 g/mol. The van der Waals surface area contributed by atoms with Crippen molar-refractivity contribution in [2.75, 3.05) is 0 Å². The molecule has 0 aromatic heterocycles. The van der Waals surface area contributed by atoms with Crippen LogP contribution in [0, 0.1) is 0 Å². The Morgan fingerprint density at radius 3 is 2.07 bits per heavy atom. The summed E-state index contributed by atoms with van der Waals surface area (Å²) in [5.74, 6) is 0.385. The highest BCUT2D eigenvalue weighted by molar-refractivity contribution is 5.65. The third-order valence-electron chi connectivity index (χ3n) is 5.52. The molecule has 0 saturated carbocycles. The lowest BCUT2D eigenvalue weighted by Crippen LogP contribution is -2.45. The molecule has 2 aromatic carbocycles. The van der Waals surface area contributed by atoms with Gasteiger partial charge in [0.1, 0.15) is 16.9 Å². The van der Waals surface area contributed by atoms with E-state index in [-0.39, 0.29) is 0 Å². The first-order chi connectivity index (χ1) is 13.6. The fraction of sp³-hybridized carbons (Fsp3) is 0.154. The first-order valence-corrected chi connectivity index (χ1v) is 9.47. The van der Waals surface area contributed by atoms with Gasteiger partial charge in [-0.05, 0) is 19.4 Å². The van der Waals surface area contributed by atoms with Crippen LogP contribution in [0.15, 0.2) is 121 Å². The number of fused-ring (bicyclic) bond motifs is 1. The van der Waals surface area contributed by atoms with Gasteiger partial charge in [0.05, 0.1) is 0 Å². The monoisotopic (exact) mass is 368 g/mol. The second kappa shape index (κ2) is 6.72. The van der Waals surface area contributed by atoms with E-state index in [9.17, 15) is 0 Å². The van der Waals surface area contributed by atoms with Crippen LogP contribution in [0.25, 0.3) is 0 Å². The van der Waals surface area contributed by atoms with E-state index in [0.29, 0.717) is 5.76 Å². The fourth-order valence-corrected chi connectivity index (χ4v) is 4.57. The van der Waals surface area contributed by atoms with Crippen molar-refractivity contribution >= 4 is 0 Å². The summed E-state index contributed by atoms with van der Waals surface area (Å²) in [5, 5.41) is 0. The van der Waals surface area contributed by atoms with Gasteiger partial charge in [-0.2, -0.15) is 0 Å². The Balaban J connectivity index is 2.17. The summed E-state index contributed by atoms with van der Waals surface area (Å²) in [6, 6.07) is 20.5. The quantitative estimate of drug-likeness (QED) is 0.629. The minimum Gasteiger partial charge on any atom is -0.451 e. The van der Waals surface area contributed by atoms with Crippen molar-refractivity contribution in [2.24, 2.45) is 0 Å². The van der Waals surface area contributed by atoms with E-state index < -0.39 is 11.2 Å². The Bertz CT molecular complexity index is 1010. The predicted molar refractivity (Wildman–Crippen MR) is 113 cm³/mol. The van der Waals surface area contributed by atoms with Crippen LogP contribution in [0.5, 0.6) is 0 Å². The molecule has 2 unspecified atom stereocenters. The van der Waals surface area contributed by atoms with Gasteiger partial charge in [-0.15, -0.1) is 0 Å². The van der Waals surface area contributed by atoms with Crippen LogP contribution >= 0.6 is 0 Å². The highest BCUT2D eigenvalue weighted by Crippen LogP contribution is 2.67. The van der Waals surface area contributed by atoms with Crippen LogP contribution < -0.4 is 0 Å². The number of allylic oxidation sites excluding steroid dienone is 6. The molecule has 140 valence electrons. The molecule has 0 N–H and O–H groups in total. The van der Waals surface area contributed by atoms with Crippen LogP contribution in [-0.2, 0) is 20.7 Å². The summed E-state index contributed by atoms with van der Waals surface area (Å²) >= 11 is 0. The molecule has 2 atom stereocenters. The minimum atomic E-state index is -1.06. The summed E-state index contributed by atoms with van der Waals surface area (Å²) in [5.41, 5.74) is 3.39. The third kappa shape index (κ3) is 2.21. The molecule has 2 aromatic rings. The normalized spacial score (nSPS) is 27.8. The molecule has 2 heterocycles. The summed E-state index contributed by atoms with van der Waals surface area (Å²) in [6.45, 7) is 12.2. The van der Waals surface area contributed by atoms with Crippen molar-refractivity contribution in [3.05, 3.63) is 132 Å². The molecule has 28 heavy (non-hydrogen) atoms. The van der Waals surface area contributed by atoms with Gasteiger partial charge >= 0.3 is 0 Å². The molecule has 2 heteroatoms. The molecule has 0 amide bonds. The van der Waals surface area contributed by atoms with Gasteiger partial charge in [-0.1, -0.05) is 98.1 Å². The lowest BCUT2D eigenvalue weighted by atomic mass is 9.63. The number of benzene rings is 2. The summed E-state index contributed by atoms with van der Waals surface area (Å²) in [6.07, 6.45) is 7.94. The van der Waals surface area contributed by atoms with E-state index in [1.807, 2.05) is 74.5 Å². The summed E-state index contributed by atoms with van der Waals surface area (Å²) < 4.78 is 13.1. The zero-order valence-electron chi connectivity index (χ0n) is 16.3. The number of ether oxygens (including phenoxy) is 2. The van der Waals surface area contributed by atoms with Crippen molar-refractivity contribution in [2.45, 2.75) is 25.0 Å². The highest BCUT2D eigenvalue weighted by Gasteiger charge is 2.70. The number of rotatable bonds is 4. The average Bonchev–Trinajstić information content (AvgIpc) is 3.11. The van der Waals surface area contributed by atoms with E-state index in [4.69, 9.17) is 9.47 Å². The Kier molecular flexibility index (Phi) is 4.35. The Labute approximate surface area is 166 Å². The van der Waals surface area contributed by atoms with Crippen molar-refractivity contribution < 1.29 is 9.47 Å². The SMILES string of the molecule is C=C/C=C1\C(=C)OC2(c3ccccc3)OC(C)=C(/C=C\C)C12c1ccccc1. The van der Waals surface area contributed by atoms with Crippen LogP contribution in [-0.4, -0.2) is 0 Å². The Morgan fingerprint density at radius 1 is 0.893 bits per heavy atom. The van der Waals surface area contributed by atoms with E-state index in [1.54, 1.807) is 6.08 Å². The molecule has 0 bridgehead atoms. The zero-order valence-corrected chi connectivity index (χ0v) is 16.3. The fourth-order valence-electron chi connectivity index (χ4n) is 4.57. The van der Waals surface area contributed by atoms with E-state index in [2.05, 4.69) is 31.4 Å². The molecule has 2 nitrogen and oxygen atoms in total. The van der Waals surface area contributed by atoms with Gasteiger partial charge in [-0.3, -0.25) is 0 Å². The number of hydrogen-bond acceptors (Lipinski definition) is 2. The van der Waals surface area contributed by atoms with E-state index in [0.717, 1.165) is 28.0 Å². The topological polar surface area (TPSA) is 18.5 Å². The average molecular weight is 368 g/mol. The Morgan fingerprint density at radius 2 is 1.50 bits per heavy atom. The van der Waals surface area contributed by atoms with Crippen LogP contribution in [0.1, 0.15) is 25.0 Å². The van der Waals surface area contributed by atoms with Gasteiger partial charge in [0.2, 0.25) is 0 Å². The first kappa shape index (κ1) is 18.1. The first-order valence-electron chi connectivity index (χ1n) is 9.47. The van der Waals surface area contributed by atoms with Gasteiger partial charge in [0.25, 0.3) is 5.79 Å². The summed E-state index contributed by atoms with van der Waals surface area (Å²) in [7, 11) is 0. The van der Waals surface area contributed by atoms with Gasteiger partial charge < -0.3 is 9.47 Å². The molecule has 0 spiro atoms.